The van der Waals surface area contributed by atoms with Gasteiger partial charge in [0.2, 0.25) is 5.91 Å². The van der Waals surface area contributed by atoms with E-state index in [4.69, 9.17) is 11.6 Å². The molecule has 86 valence electrons. The zero-order valence-corrected chi connectivity index (χ0v) is 11.0. The molecule has 0 spiro atoms. The average molecular weight is 305 g/mol. The molecular formula is C11H11BrClNO2. The summed E-state index contributed by atoms with van der Waals surface area (Å²) < 4.78 is 0.778. The monoisotopic (exact) mass is 303 g/mol. The molecule has 2 rings (SSSR count). The van der Waals surface area contributed by atoms with Crippen molar-refractivity contribution in [2.75, 3.05) is 11.4 Å². The zero-order chi connectivity index (χ0) is 11.9. The Morgan fingerprint density at radius 3 is 2.75 bits per heavy atom. The molecule has 1 aromatic carbocycles. The number of nitrogens with zero attached hydrogens (tertiary/aromatic N) is 1. The van der Waals surface area contributed by atoms with Crippen molar-refractivity contribution in [2.24, 2.45) is 0 Å². The lowest BCUT2D eigenvalue weighted by Gasteiger charge is -2.20. The molecule has 1 saturated heterocycles. The molecule has 1 N–H and O–H groups in total. The Kier molecular flexibility index (Phi) is 3.24. The number of halogens is 2. The number of rotatable bonds is 1. The van der Waals surface area contributed by atoms with Crippen molar-refractivity contribution < 1.29 is 9.90 Å². The van der Waals surface area contributed by atoms with Crippen LogP contribution >= 0.6 is 27.5 Å². The third kappa shape index (κ3) is 2.10. The summed E-state index contributed by atoms with van der Waals surface area (Å²) in [4.78, 5) is 13.3. The summed E-state index contributed by atoms with van der Waals surface area (Å²) in [6.07, 6.45) is -0.386. The summed E-state index contributed by atoms with van der Waals surface area (Å²) >= 11 is 9.31. The number of aryl methyl sites for hydroxylation is 1. The summed E-state index contributed by atoms with van der Waals surface area (Å²) in [5.74, 6) is -0.0568. The molecule has 1 aliphatic heterocycles. The number of aliphatic hydroxyl groups excluding tert-OH is 1. The molecule has 1 aromatic rings. The lowest BCUT2D eigenvalue weighted by atomic mass is 10.2. The number of aliphatic hydroxyl groups is 1. The second kappa shape index (κ2) is 4.35. The van der Waals surface area contributed by atoms with Crippen molar-refractivity contribution in [3.05, 3.63) is 27.2 Å². The summed E-state index contributed by atoms with van der Waals surface area (Å²) in [6.45, 7) is 2.24. The minimum atomic E-state index is -0.575. The Balaban J connectivity index is 2.44. The van der Waals surface area contributed by atoms with E-state index in [1.54, 1.807) is 17.0 Å². The van der Waals surface area contributed by atoms with Crippen LogP contribution in [0, 0.1) is 6.92 Å². The van der Waals surface area contributed by atoms with Crippen molar-refractivity contribution in [2.45, 2.75) is 19.4 Å². The SMILES string of the molecule is Cc1cc(Cl)cc(Br)c1N1CC(O)CC1=O. The maximum Gasteiger partial charge on any atom is 0.229 e. The second-order valence-electron chi connectivity index (χ2n) is 3.92. The third-order valence-electron chi connectivity index (χ3n) is 2.59. The van der Waals surface area contributed by atoms with E-state index in [1.165, 1.54) is 0 Å². The Bertz CT molecular complexity index is 427. The summed E-state index contributed by atoms with van der Waals surface area (Å²) in [6, 6.07) is 3.56. The number of amides is 1. The smallest absolute Gasteiger partial charge is 0.229 e. The largest absolute Gasteiger partial charge is 0.391 e. The van der Waals surface area contributed by atoms with Crippen molar-refractivity contribution in [1.82, 2.24) is 0 Å². The maximum atomic E-state index is 11.7. The predicted octanol–water partition coefficient (Wildman–Crippen LogP) is 2.51. The standard InChI is InChI=1S/C11H11BrClNO2/c1-6-2-7(13)3-9(12)11(6)14-5-8(15)4-10(14)16/h2-3,8,15H,4-5H2,1H3. The Labute approximate surface area is 107 Å². The van der Waals surface area contributed by atoms with Crippen LogP contribution in [0.1, 0.15) is 12.0 Å². The van der Waals surface area contributed by atoms with Gasteiger partial charge >= 0.3 is 0 Å². The number of hydrogen-bond acceptors (Lipinski definition) is 2. The number of β-amino-alcohol motifs (C(OH)–C–C–N with tert-alkyl or cyclic N) is 1. The number of carbonyl (C=O) groups is 1. The van der Waals surface area contributed by atoms with E-state index in [-0.39, 0.29) is 12.3 Å². The Hall–Kier alpha value is -0.580. The predicted molar refractivity (Wildman–Crippen MR) is 66.9 cm³/mol. The molecule has 0 saturated carbocycles. The van der Waals surface area contributed by atoms with Crippen LogP contribution < -0.4 is 4.90 Å². The molecule has 1 amide bonds. The summed E-state index contributed by atoms with van der Waals surface area (Å²) in [5.41, 5.74) is 1.72. The van der Waals surface area contributed by atoms with Crippen molar-refractivity contribution >= 4 is 39.1 Å². The van der Waals surface area contributed by atoms with Crippen LogP contribution in [-0.2, 0) is 4.79 Å². The summed E-state index contributed by atoms with van der Waals surface area (Å²) in [7, 11) is 0. The molecule has 1 unspecified atom stereocenters. The van der Waals surface area contributed by atoms with E-state index in [9.17, 15) is 9.90 Å². The van der Waals surface area contributed by atoms with Gasteiger partial charge in [0, 0.05) is 9.50 Å². The van der Waals surface area contributed by atoms with E-state index in [2.05, 4.69) is 15.9 Å². The van der Waals surface area contributed by atoms with E-state index in [0.29, 0.717) is 11.6 Å². The fourth-order valence-electron chi connectivity index (χ4n) is 1.94. The first-order valence-corrected chi connectivity index (χ1v) is 6.10. The molecule has 0 aliphatic carbocycles. The molecule has 1 heterocycles. The molecule has 0 bridgehead atoms. The third-order valence-corrected chi connectivity index (χ3v) is 3.42. The molecular weight excluding hydrogens is 293 g/mol. The molecule has 0 radical (unpaired) electrons. The topological polar surface area (TPSA) is 40.5 Å². The van der Waals surface area contributed by atoms with Crippen LogP contribution in [0.15, 0.2) is 16.6 Å². The van der Waals surface area contributed by atoms with Gasteiger partial charge in [-0.2, -0.15) is 0 Å². The first-order valence-electron chi connectivity index (χ1n) is 4.93. The second-order valence-corrected chi connectivity index (χ2v) is 5.21. The van der Waals surface area contributed by atoms with Crippen LogP contribution in [0.25, 0.3) is 0 Å². The Morgan fingerprint density at radius 2 is 2.25 bits per heavy atom. The van der Waals surface area contributed by atoms with Crippen LogP contribution in [-0.4, -0.2) is 23.7 Å². The highest BCUT2D eigenvalue weighted by Crippen LogP contribution is 2.35. The highest BCUT2D eigenvalue weighted by atomic mass is 79.9. The molecule has 1 fully saturated rings. The van der Waals surface area contributed by atoms with Crippen molar-refractivity contribution in [1.29, 1.82) is 0 Å². The number of hydrogen-bond donors (Lipinski definition) is 1. The van der Waals surface area contributed by atoms with Gasteiger partial charge in [0.05, 0.1) is 24.8 Å². The normalized spacial score (nSPS) is 20.6. The molecule has 1 atom stereocenters. The van der Waals surface area contributed by atoms with E-state index in [1.807, 2.05) is 6.92 Å². The number of anilines is 1. The van der Waals surface area contributed by atoms with E-state index >= 15 is 0 Å². The van der Waals surface area contributed by atoms with Gasteiger partial charge in [-0.05, 0) is 40.5 Å². The fourth-order valence-corrected chi connectivity index (χ4v) is 3.12. The van der Waals surface area contributed by atoms with Gasteiger partial charge in [-0.15, -0.1) is 0 Å². The highest BCUT2D eigenvalue weighted by molar-refractivity contribution is 9.10. The van der Waals surface area contributed by atoms with Crippen molar-refractivity contribution in [3.8, 4) is 0 Å². The highest BCUT2D eigenvalue weighted by Gasteiger charge is 2.31. The van der Waals surface area contributed by atoms with Crippen molar-refractivity contribution in [3.63, 3.8) is 0 Å². The van der Waals surface area contributed by atoms with E-state index < -0.39 is 6.10 Å². The maximum absolute atomic E-state index is 11.7. The first-order chi connectivity index (χ1) is 7.49. The quantitative estimate of drug-likeness (QED) is 0.866. The molecule has 16 heavy (non-hydrogen) atoms. The van der Waals surface area contributed by atoms with Gasteiger partial charge in [0.25, 0.3) is 0 Å². The van der Waals surface area contributed by atoms with Gasteiger partial charge in [-0.1, -0.05) is 11.6 Å². The molecule has 3 nitrogen and oxygen atoms in total. The van der Waals surface area contributed by atoms with Crippen LogP contribution in [0.2, 0.25) is 5.02 Å². The van der Waals surface area contributed by atoms with Gasteiger partial charge in [-0.25, -0.2) is 0 Å². The Morgan fingerprint density at radius 1 is 1.56 bits per heavy atom. The molecule has 1 aliphatic rings. The van der Waals surface area contributed by atoms with Crippen LogP contribution in [0.5, 0.6) is 0 Å². The van der Waals surface area contributed by atoms with E-state index in [0.717, 1.165) is 15.7 Å². The average Bonchev–Trinajstić information content (AvgIpc) is 2.43. The first kappa shape index (κ1) is 11.9. The van der Waals surface area contributed by atoms with Gasteiger partial charge in [-0.3, -0.25) is 4.79 Å². The number of carbonyl (C=O) groups excluding carboxylic acids is 1. The minimum absolute atomic E-state index is 0.0568. The van der Waals surface area contributed by atoms with Gasteiger partial charge in [0.15, 0.2) is 0 Å². The van der Waals surface area contributed by atoms with Gasteiger partial charge < -0.3 is 10.0 Å². The zero-order valence-electron chi connectivity index (χ0n) is 8.70. The van der Waals surface area contributed by atoms with Crippen LogP contribution in [0.3, 0.4) is 0 Å². The lowest BCUT2D eigenvalue weighted by molar-refractivity contribution is -0.117. The van der Waals surface area contributed by atoms with Gasteiger partial charge in [0.1, 0.15) is 0 Å². The molecule has 0 aromatic heterocycles. The van der Waals surface area contributed by atoms with Crippen LogP contribution in [0.4, 0.5) is 5.69 Å². The summed E-state index contributed by atoms with van der Waals surface area (Å²) in [5, 5.41) is 10.1. The lowest BCUT2D eigenvalue weighted by Crippen LogP contribution is -2.26. The minimum Gasteiger partial charge on any atom is -0.391 e. The fraction of sp³-hybridized carbons (Fsp3) is 0.364. The number of benzene rings is 1. The molecule has 5 heteroatoms.